The number of nitrogens with zero attached hydrogens (tertiary/aromatic N) is 2. The van der Waals surface area contributed by atoms with Crippen molar-refractivity contribution in [2.75, 3.05) is 13.6 Å². The van der Waals surface area contributed by atoms with E-state index in [4.69, 9.17) is 4.74 Å². The molecule has 1 aliphatic rings. The second kappa shape index (κ2) is 7.14. The lowest BCUT2D eigenvalue weighted by atomic mass is 10.1. The fourth-order valence-electron chi connectivity index (χ4n) is 2.87. The molecule has 1 aliphatic heterocycles. The van der Waals surface area contributed by atoms with E-state index in [1.165, 1.54) is 12.0 Å². The second-order valence-electron chi connectivity index (χ2n) is 7.02. The van der Waals surface area contributed by atoms with E-state index < -0.39 is 5.60 Å². The van der Waals surface area contributed by atoms with Crippen LogP contribution >= 0.6 is 0 Å². The Kier molecular flexibility index (Phi) is 5.46. The smallest absolute Gasteiger partial charge is 0.411 e. The standard InChI is InChI=1S/C18H28N2O2/c1-18(2,3)22-17(21)19(4)16-12-8-9-13-20(16)14-15-10-6-5-7-11-15/h5-7,10-11,16H,8-9,12-14H2,1-4H3/t16-/m1/s1. The van der Waals surface area contributed by atoms with Gasteiger partial charge in [0.05, 0.1) is 6.17 Å². The molecule has 0 aliphatic carbocycles. The third kappa shape index (κ3) is 4.73. The van der Waals surface area contributed by atoms with E-state index in [0.29, 0.717) is 0 Å². The average molecular weight is 304 g/mol. The van der Waals surface area contributed by atoms with Crippen LogP contribution in [0.3, 0.4) is 0 Å². The quantitative estimate of drug-likeness (QED) is 0.850. The van der Waals surface area contributed by atoms with Gasteiger partial charge < -0.3 is 4.74 Å². The highest BCUT2D eigenvalue weighted by Crippen LogP contribution is 2.23. The molecule has 0 bridgehead atoms. The maximum Gasteiger partial charge on any atom is 0.411 e. The minimum Gasteiger partial charge on any atom is -0.444 e. The van der Waals surface area contributed by atoms with Gasteiger partial charge in [-0.05, 0) is 45.6 Å². The fraction of sp³-hybridized carbons (Fsp3) is 0.611. The first-order valence-corrected chi connectivity index (χ1v) is 8.10. The molecule has 4 nitrogen and oxygen atoms in total. The third-order valence-corrected chi connectivity index (χ3v) is 3.94. The van der Waals surface area contributed by atoms with E-state index >= 15 is 0 Å². The highest BCUT2D eigenvalue weighted by Gasteiger charge is 2.31. The maximum absolute atomic E-state index is 12.3. The Labute approximate surface area is 134 Å². The summed E-state index contributed by atoms with van der Waals surface area (Å²) in [6, 6.07) is 10.4. The van der Waals surface area contributed by atoms with Crippen LogP contribution < -0.4 is 0 Å². The lowest BCUT2D eigenvalue weighted by molar-refractivity contribution is -0.0164. The van der Waals surface area contributed by atoms with Gasteiger partial charge in [-0.25, -0.2) is 4.79 Å². The van der Waals surface area contributed by atoms with Gasteiger partial charge in [0.15, 0.2) is 0 Å². The van der Waals surface area contributed by atoms with Gasteiger partial charge >= 0.3 is 6.09 Å². The Hall–Kier alpha value is -1.55. The van der Waals surface area contributed by atoms with Crippen molar-refractivity contribution in [1.82, 2.24) is 9.80 Å². The number of amides is 1. The third-order valence-electron chi connectivity index (χ3n) is 3.94. The van der Waals surface area contributed by atoms with Crippen LogP contribution in [0.15, 0.2) is 30.3 Å². The van der Waals surface area contributed by atoms with Gasteiger partial charge in [0.2, 0.25) is 0 Å². The van der Waals surface area contributed by atoms with Crippen molar-refractivity contribution >= 4 is 6.09 Å². The zero-order valence-corrected chi connectivity index (χ0v) is 14.2. The molecule has 1 aromatic carbocycles. The van der Waals surface area contributed by atoms with Crippen LogP contribution in [0.4, 0.5) is 4.79 Å². The van der Waals surface area contributed by atoms with Gasteiger partial charge in [0.25, 0.3) is 0 Å². The minimum atomic E-state index is -0.454. The summed E-state index contributed by atoms with van der Waals surface area (Å²) in [4.78, 5) is 16.5. The zero-order chi connectivity index (χ0) is 16.2. The summed E-state index contributed by atoms with van der Waals surface area (Å²) in [6.07, 6.45) is 3.22. The first-order chi connectivity index (χ1) is 10.4. The average Bonchev–Trinajstić information content (AvgIpc) is 2.46. The molecular weight excluding hydrogens is 276 g/mol. The predicted molar refractivity (Wildman–Crippen MR) is 88.5 cm³/mol. The van der Waals surface area contributed by atoms with Crippen LogP contribution in [-0.2, 0) is 11.3 Å². The van der Waals surface area contributed by atoms with Crippen LogP contribution in [0.25, 0.3) is 0 Å². The topological polar surface area (TPSA) is 32.8 Å². The van der Waals surface area contributed by atoms with Gasteiger partial charge in [0, 0.05) is 20.1 Å². The molecule has 22 heavy (non-hydrogen) atoms. The van der Waals surface area contributed by atoms with Crippen LogP contribution in [-0.4, -0.2) is 41.3 Å². The van der Waals surface area contributed by atoms with Gasteiger partial charge in [-0.2, -0.15) is 0 Å². The molecule has 1 heterocycles. The Morgan fingerprint density at radius 3 is 2.59 bits per heavy atom. The van der Waals surface area contributed by atoms with Crippen molar-refractivity contribution in [3.8, 4) is 0 Å². The highest BCUT2D eigenvalue weighted by molar-refractivity contribution is 5.68. The van der Waals surface area contributed by atoms with Crippen LogP contribution in [0.5, 0.6) is 0 Å². The largest absolute Gasteiger partial charge is 0.444 e. The summed E-state index contributed by atoms with van der Waals surface area (Å²) >= 11 is 0. The molecular formula is C18H28N2O2. The van der Waals surface area contributed by atoms with Gasteiger partial charge in [-0.1, -0.05) is 30.3 Å². The molecule has 0 aromatic heterocycles. The molecule has 1 amide bonds. The summed E-state index contributed by atoms with van der Waals surface area (Å²) in [6.45, 7) is 7.61. The molecule has 2 rings (SSSR count). The molecule has 0 saturated carbocycles. The number of hydrogen-bond donors (Lipinski definition) is 0. The molecule has 0 radical (unpaired) electrons. The van der Waals surface area contributed by atoms with Gasteiger partial charge in [-0.3, -0.25) is 9.80 Å². The van der Waals surface area contributed by atoms with Crippen molar-refractivity contribution in [2.45, 2.75) is 58.3 Å². The molecule has 1 fully saturated rings. The lowest BCUT2D eigenvalue weighted by Crippen LogP contribution is -2.52. The van der Waals surface area contributed by atoms with Crippen molar-refractivity contribution in [3.05, 3.63) is 35.9 Å². The van der Waals surface area contributed by atoms with Gasteiger partial charge in [-0.15, -0.1) is 0 Å². The summed E-state index contributed by atoms with van der Waals surface area (Å²) in [5.74, 6) is 0. The monoisotopic (exact) mass is 304 g/mol. The van der Waals surface area contributed by atoms with Crippen LogP contribution in [0.1, 0.15) is 45.6 Å². The number of carbonyl (C=O) groups excluding carboxylic acids is 1. The second-order valence-corrected chi connectivity index (χ2v) is 7.02. The van der Waals surface area contributed by atoms with E-state index in [9.17, 15) is 4.79 Å². The number of hydrogen-bond acceptors (Lipinski definition) is 3. The number of carbonyl (C=O) groups is 1. The maximum atomic E-state index is 12.3. The molecule has 1 saturated heterocycles. The van der Waals surface area contributed by atoms with E-state index in [-0.39, 0.29) is 12.3 Å². The molecule has 122 valence electrons. The normalized spacial score (nSPS) is 19.7. The van der Waals surface area contributed by atoms with Crippen LogP contribution in [0.2, 0.25) is 0 Å². The summed E-state index contributed by atoms with van der Waals surface area (Å²) in [5.41, 5.74) is 0.830. The Bertz CT molecular complexity index is 482. The van der Waals surface area contributed by atoms with E-state index in [0.717, 1.165) is 25.9 Å². The first-order valence-electron chi connectivity index (χ1n) is 8.10. The van der Waals surface area contributed by atoms with Crippen molar-refractivity contribution in [1.29, 1.82) is 0 Å². The highest BCUT2D eigenvalue weighted by atomic mass is 16.6. The Morgan fingerprint density at radius 2 is 1.95 bits per heavy atom. The zero-order valence-electron chi connectivity index (χ0n) is 14.2. The summed E-state index contributed by atoms with van der Waals surface area (Å²) < 4.78 is 5.51. The summed E-state index contributed by atoms with van der Waals surface area (Å²) in [5, 5.41) is 0. The number of piperidine rings is 1. The van der Waals surface area contributed by atoms with Crippen LogP contribution in [0, 0.1) is 0 Å². The molecule has 4 heteroatoms. The number of rotatable bonds is 3. The van der Waals surface area contributed by atoms with E-state index in [1.807, 2.05) is 33.9 Å². The Balaban J connectivity index is 2.04. The number of likely N-dealkylation sites (tertiary alicyclic amines) is 1. The predicted octanol–water partition coefficient (Wildman–Crippen LogP) is 3.87. The van der Waals surface area contributed by atoms with Crippen molar-refractivity contribution in [2.24, 2.45) is 0 Å². The molecule has 0 unspecified atom stereocenters. The molecule has 1 atom stereocenters. The van der Waals surface area contributed by atoms with Gasteiger partial charge in [0.1, 0.15) is 5.60 Å². The minimum absolute atomic E-state index is 0.115. The molecule has 0 spiro atoms. The molecule has 1 aromatic rings. The first kappa shape index (κ1) is 16.8. The van der Waals surface area contributed by atoms with E-state index in [1.54, 1.807) is 4.90 Å². The molecule has 0 N–H and O–H groups in total. The SMILES string of the molecule is CN(C(=O)OC(C)(C)C)[C@H]1CCCCN1Cc1ccccc1. The number of ether oxygens (including phenoxy) is 1. The van der Waals surface area contributed by atoms with Crippen molar-refractivity contribution in [3.63, 3.8) is 0 Å². The van der Waals surface area contributed by atoms with E-state index in [2.05, 4.69) is 29.2 Å². The Morgan fingerprint density at radius 1 is 1.27 bits per heavy atom. The summed E-state index contributed by atoms with van der Waals surface area (Å²) in [7, 11) is 1.85. The number of benzene rings is 1. The lowest BCUT2D eigenvalue weighted by Gasteiger charge is -2.41. The fourth-order valence-corrected chi connectivity index (χ4v) is 2.87. The van der Waals surface area contributed by atoms with Crippen molar-refractivity contribution < 1.29 is 9.53 Å².